The minimum atomic E-state index is -3.30. The summed E-state index contributed by atoms with van der Waals surface area (Å²) in [6, 6.07) is 0.369. The number of nitrogens with zero attached hydrogens (tertiary/aromatic N) is 2. The minimum absolute atomic E-state index is 0.0297. The van der Waals surface area contributed by atoms with Crippen LogP contribution in [0.15, 0.2) is 4.99 Å². The van der Waals surface area contributed by atoms with Crippen molar-refractivity contribution in [2.24, 2.45) is 4.99 Å². The molecule has 0 aliphatic heterocycles. The number of sulfone groups is 1. The van der Waals surface area contributed by atoms with Crippen molar-refractivity contribution in [1.82, 2.24) is 4.67 Å². The second kappa shape index (κ2) is 11.3. The Labute approximate surface area is 137 Å². The lowest BCUT2D eigenvalue weighted by atomic mass is 10.3. The zero-order chi connectivity index (χ0) is 17.9. The molecule has 0 bridgehead atoms. The summed E-state index contributed by atoms with van der Waals surface area (Å²) in [5.41, 5.74) is 0. The maximum Gasteiger partial charge on any atom is 0.322 e. The van der Waals surface area contributed by atoms with Crippen LogP contribution in [-0.4, -0.2) is 69.4 Å². The molecule has 0 saturated heterocycles. The van der Waals surface area contributed by atoms with E-state index in [9.17, 15) is 8.42 Å². The molecule has 132 valence electrons. The molecular formula is C13H29N2O5PS. The van der Waals surface area contributed by atoms with Crippen LogP contribution in [0.1, 0.15) is 34.6 Å². The third-order valence-corrected chi connectivity index (χ3v) is 6.19. The van der Waals surface area contributed by atoms with Crippen molar-refractivity contribution in [2.75, 3.05) is 31.3 Å². The highest BCUT2D eigenvalue weighted by Gasteiger charge is 2.28. The third-order valence-electron chi connectivity index (χ3n) is 2.63. The third kappa shape index (κ3) is 9.00. The lowest BCUT2D eigenvalue weighted by Gasteiger charge is -2.34. The van der Waals surface area contributed by atoms with Gasteiger partial charge in [-0.25, -0.2) is 13.1 Å². The first kappa shape index (κ1) is 19.8. The van der Waals surface area contributed by atoms with Gasteiger partial charge in [-0.15, -0.1) is 0 Å². The molecule has 9 heteroatoms. The van der Waals surface area contributed by atoms with Crippen LogP contribution in [-0.2, 0) is 18.9 Å². The standard InChI is InChI=1S/C13H29N2O5PS/c1-6-14-11-20-21(15(12(2)3)13(4)5)19-8-10-22(17,18)9-7-16/h11-13,16H,6-10H2,1-5H3/i16D. The van der Waals surface area contributed by atoms with Crippen molar-refractivity contribution < 1.29 is 22.6 Å². The molecule has 0 rings (SSSR count). The van der Waals surface area contributed by atoms with E-state index in [0.717, 1.165) is 0 Å². The first-order valence-electron chi connectivity index (χ1n) is 7.80. The smallest absolute Gasteiger partial charge is 0.322 e. The van der Waals surface area contributed by atoms with Gasteiger partial charge in [-0.1, -0.05) is 0 Å². The maximum atomic E-state index is 11.8. The molecule has 0 heterocycles. The normalized spacial score (nSPS) is 15.0. The van der Waals surface area contributed by atoms with Crippen LogP contribution in [0, 0.1) is 0 Å². The molecule has 0 radical (unpaired) electrons. The zero-order valence-electron chi connectivity index (χ0n) is 15.1. The molecule has 0 spiro atoms. The number of aliphatic hydroxyl groups excluding tert-OH is 1. The van der Waals surface area contributed by atoms with E-state index in [1.54, 1.807) is 0 Å². The highest BCUT2D eigenvalue weighted by Crippen LogP contribution is 2.45. The summed E-state index contributed by atoms with van der Waals surface area (Å²) in [7, 11) is -4.73. The lowest BCUT2D eigenvalue weighted by Crippen LogP contribution is -2.34. The largest absolute Gasteiger partial charge is 0.425 e. The molecule has 0 aromatic rings. The molecular weight excluding hydrogens is 327 g/mol. The van der Waals surface area contributed by atoms with Gasteiger partial charge >= 0.3 is 8.53 Å². The first-order valence-corrected chi connectivity index (χ1v) is 10.3. The van der Waals surface area contributed by atoms with Crippen molar-refractivity contribution in [1.29, 1.82) is 1.43 Å². The van der Waals surface area contributed by atoms with Crippen LogP contribution in [0.25, 0.3) is 0 Å². The Bertz CT molecular complexity index is 426. The maximum absolute atomic E-state index is 11.8. The molecule has 7 nitrogen and oxygen atoms in total. The number of aliphatic hydroxyl groups is 1. The predicted octanol–water partition coefficient (Wildman–Crippen LogP) is 1.82. The Kier molecular flexibility index (Phi) is 10.2. The van der Waals surface area contributed by atoms with Gasteiger partial charge in [0.15, 0.2) is 16.2 Å². The fourth-order valence-corrected chi connectivity index (χ4v) is 4.12. The summed E-state index contributed by atoms with van der Waals surface area (Å²) < 4.78 is 43.4. The van der Waals surface area contributed by atoms with Gasteiger partial charge < -0.3 is 14.2 Å². The van der Waals surface area contributed by atoms with E-state index in [1.807, 2.05) is 34.6 Å². The fraction of sp³-hybridized carbons (Fsp3) is 0.923. The molecule has 0 aromatic carbocycles. The second-order valence-corrected chi connectivity index (χ2v) is 8.91. The van der Waals surface area contributed by atoms with Crippen LogP contribution >= 0.6 is 8.53 Å². The minimum Gasteiger partial charge on any atom is -0.425 e. The number of hydrogen-bond donors (Lipinski definition) is 1. The van der Waals surface area contributed by atoms with E-state index >= 15 is 0 Å². The molecule has 0 amide bonds. The van der Waals surface area contributed by atoms with E-state index in [-0.39, 0.29) is 36.8 Å². The highest BCUT2D eigenvalue weighted by atomic mass is 32.2. The van der Waals surface area contributed by atoms with Crippen molar-refractivity contribution in [2.45, 2.75) is 46.7 Å². The fourth-order valence-electron chi connectivity index (χ4n) is 1.74. The van der Waals surface area contributed by atoms with Gasteiger partial charge in [0.1, 0.15) is 0 Å². The number of rotatable bonds is 13. The van der Waals surface area contributed by atoms with Crippen LogP contribution in [0.2, 0.25) is 0 Å². The quantitative estimate of drug-likeness (QED) is 0.307. The van der Waals surface area contributed by atoms with Crippen molar-refractivity contribution >= 4 is 24.8 Å². The Morgan fingerprint density at radius 3 is 2.45 bits per heavy atom. The topological polar surface area (TPSA) is 88.4 Å². The van der Waals surface area contributed by atoms with E-state index in [2.05, 4.69) is 14.8 Å². The predicted molar refractivity (Wildman–Crippen MR) is 90.8 cm³/mol. The van der Waals surface area contributed by atoms with Crippen molar-refractivity contribution in [3.63, 3.8) is 0 Å². The summed E-state index contributed by atoms with van der Waals surface area (Å²) in [4.78, 5) is 4.02. The first-order chi connectivity index (χ1) is 10.7. The Balaban J connectivity index is 4.72. The molecule has 0 aliphatic rings. The molecule has 0 aliphatic carbocycles. The van der Waals surface area contributed by atoms with E-state index < -0.39 is 18.4 Å². The zero-order valence-corrected chi connectivity index (χ0v) is 15.8. The van der Waals surface area contributed by atoms with Crippen LogP contribution in [0.4, 0.5) is 0 Å². The monoisotopic (exact) mass is 357 g/mol. The van der Waals surface area contributed by atoms with Gasteiger partial charge in [0.2, 0.25) is 1.43 Å². The van der Waals surface area contributed by atoms with E-state index in [1.165, 1.54) is 6.40 Å². The molecule has 1 unspecified atom stereocenters. The second-order valence-electron chi connectivity index (χ2n) is 5.20. The SMILES string of the molecule is [2H]OCCS(=O)(=O)CCOP(OC=NCC)N(C(C)C)C(C)C. The highest BCUT2D eigenvalue weighted by molar-refractivity contribution is 7.91. The van der Waals surface area contributed by atoms with Crippen LogP contribution in [0.5, 0.6) is 0 Å². The van der Waals surface area contributed by atoms with Crippen LogP contribution in [0.3, 0.4) is 0 Å². The Morgan fingerprint density at radius 2 is 1.95 bits per heavy atom. The van der Waals surface area contributed by atoms with E-state index in [4.69, 9.17) is 10.5 Å². The van der Waals surface area contributed by atoms with Gasteiger partial charge in [-0.2, -0.15) is 0 Å². The average molecular weight is 357 g/mol. The van der Waals surface area contributed by atoms with Crippen molar-refractivity contribution in [3.05, 3.63) is 0 Å². The van der Waals surface area contributed by atoms with Gasteiger partial charge in [-0.05, 0) is 34.6 Å². The summed E-state index contributed by atoms with van der Waals surface area (Å²) in [6.07, 6.45) is 1.37. The summed E-state index contributed by atoms with van der Waals surface area (Å²) in [5, 5.41) is 4.06. The molecule has 0 fully saturated rings. The molecule has 1 N–H and O–H groups in total. The van der Waals surface area contributed by atoms with Gasteiger partial charge in [-0.3, -0.25) is 4.99 Å². The van der Waals surface area contributed by atoms with Crippen molar-refractivity contribution in [3.8, 4) is 0 Å². The Hall–Kier alpha value is -0.270. The van der Waals surface area contributed by atoms with E-state index in [0.29, 0.717) is 6.54 Å². The summed E-state index contributed by atoms with van der Waals surface area (Å²) >= 11 is 0. The van der Waals surface area contributed by atoms with Gasteiger partial charge in [0.05, 0.1) is 24.7 Å². The Morgan fingerprint density at radius 1 is 1.32 bits per heavy atom. The lowest BCUT2D eigenvalue weighted by molar-refractivity contribution is 0.224. The van der Waals surface area contributed by atoms with Gasteiger partial charge in [0.25, 0.3) is 0 Å². The molecule has 22 heavy (non-hydrogen) atoms. The summed E-state index contributed by atoms with van der Waals surface area (Å²) in [5.74, 6) is -0.318. The average Bonchev–Trinajstić information content (AvgIpc) is 2.44. The summed E-state index contributed by atoms with van der Waals surface area (Å²) in [6.45, 7) is 10.5. The van der Waals surface area contributed by atoms with Gasteiger partial charge in [0, 0.05) is 18.6 Å². The molecule has 1 atom stereocenters. The molecule has 0 aromatic heterocycles. The number of hydrogen-bond acceptors (Lipinski definition) is 7. The van der Waals surface area contributed by atoms with Crippen LogP contribution < -0.4 is 0 Å². The number of aliphatic imine (C=N–C) groups is 1. The molecule has 0 saturated carbocycles.